The third kappa shape index (κ3) is 7.14. The van der Waals surface area contributed by atoms with Crippen molar-refractivity contribution in [3.63, 3.8) is 0 Å². The first-order chi connectivity index (χ1) is 10.4. The van der Waals surface area contributed by atoms with Crippen molar-refractivity contribution in [2.75, 3.05) is 5.43 Å². The van der Waals surface area contributed by atoms with Crippen LogP contribution in [0.4, 0.5) is 5.69 Å². The summed E-state index contributed by atoms with van der Waals surface area (Å²) in [5.74, 6) is -0.0603. The first kappa shape index (κ1) is 17.3. The lowest BCUT2D eigenvalue weighted by molar-refractivity contribution is 0.0919. The second-order valence-corrected chi connectivity index (χ2v) is 5.51. The number of hydrogen-bond donors (Lipinski definition) is 2. The molecule has 1 aromatic heterocycles. The van der Waals surface area contributed by atoms with Gasteiger partial charge in [0.25, 0.3) is 5.91 Å². The number of hydrogen-bond acceptors (Lipinski definition) is 4. The number of carbonyl (C=O) groups excluding carboxylic acids is 1. The molecule has 2 aromatic rings. The summed E-state index contributed by atoms with van der Waals surface area (Å²) in [7, 11) is 0. The number of amides is 1. The third-order valence-electron chi connectivity index (χ3n) is 2.38. The van der Waals surface area contributed by atoms with E-state index in [1.54, 1.807) is 36.7 Å². The number of benzene rings is 1. The highest BCUT2D eigenvalue weighted by molar-refractivity contribution is 5.94. The van der Waals surface area contributed by atoms with Crippen LogP contribution in [-0.2, 0) is 0 Å². The largest absolute Gasteiger partial charge is 0.347 e. The van der Waals surface area contributed by atoms with E-state index in [0.29, 0.717) is 11.3 Å². The van der Waals surface area contributed by atoms with Crippen molar-refractivity contribution < 1.29 is 4.79 Å². The van der Waals surface area contributed by atoms with E-state index < -0.39 is 0 Å². The Balaban J connectivity index is 0.000000235. The maximum Gasteiger partial charge on any atom is 0.251 e. The maximum absolute atomic E-state index is 11.5. The monoisotopic (exact) mass is 300 g/mol. The molecule has 0 atom stereocenters. The SMILES string of the molecule is CC(C)(C)NC(=O)c1ccncc1.O=NNc1ccccc1. The third-order valence-corrected chi connectivity index (χ3v) is 2.38. The molecule has 0 unspecified atom stereocenters. The molecule has 1 amide bonds. The van der Waals surface area contributed by atoms with E-state index in [0.717, 1.165) is 0 Å². The minimum atomic E-state index is -0.194. The number of anilines is 1. The van der Waals surface area contributed by atoms with Gasteiger partial charge in [0.1, 0.15) is 0 Å². The summed E-state index contributed by atoms with van der Waals surface area (Å²) in [6.45, 7) is 5.85. The summed E-state index contributed by atoms with van der Waals surface area (Å²) in [5.41, 5.74) is 3.44. The molecule has 0 spiro atoms. The molecule has 0 aliphatic rings. The van der Waals surface area contributed by atoms with Crippen LogP contribution >= 0.6 is 0 Å². The number of aromatic nitrogens is 1. The second kappa shape index (κ2) is 8.51. The predicted octanol–water partition coefficient (Wildman–Crippen LogP) is 3.39. The van der Waals surface area contributed by atoms with E-state index in [4.69, 9.17) is 0 Å². The highest BCUT2D eigenvalue weighted by Crippen LogP contribution is 2.03. The van der Waals surface area contributed by atoms with Crippen molar-refractivity contribution in [2.45, 2.75) is 26.3 Å². The van der Waals surface area contributed by atoms with Crippen LogP contribution in [0.2, 0.25) is 0 Å². The van der Waals surface area contributed by atoms with Crippen LogP contribution in [0.25, 0.3) is 0 Å². The van der Waals surface area contributed by atoms with Crippen LogP contribution in [-0.4, -0.2) is 16.4 Å². The molecule has 0 fully saturated rings. The summed E-state index contributed by atoms with van der Waals surface area (Å²) in [4.78, 5) is 25.0. The quantitative estimate of drug-likeness (QED) is 0.672. The summed E-state index contributed by atoms with van der Waals surface area (Å²) in [6, 6.07) is 12.4. The second-order valence-electron chi connectivity index (χ2n) is 5.51. The Morgan fingerprint density at radius 1 is 1.05 bits per heavy atom. The summed E-state index contributed by atoms with van der Waals surface area (Å²) in [5, 5.41) is 5.37. The molecular weight excluding hydrogens is 280 g/mol. The Morgan fingerprint density at radius 3 is 2.14 bits per heavy atom. The number of nitrogens with zero attached hydrogens (tertiary/aromatic N) is 2. The van der Waals surface area contributed by atoms with Crippen molar-refractivity contribution >= 4 is 11.6 Å². The molecule has 1 heterocycles. The average Bonchev–Trinajstić information content (AvgIpc) is 2.49. The standard InChI is InChI=1S/C10H14N2O.C6H6N2O/c1-10(2,3)12-9(13)8-4-6-11-7-5-8;9-8-7-6-4-2-1-3-5-6/h4-7H,1-3H3,(H,12,13);1-5H,(H,7,9). The van der Waals surface area contributed by atoms with Gasteiger partial charge >= 0.3 is 0 Å². The van der Waals surface area contributed by atoms with Crippen molar-refractivity contribution in [1.82, 2.24) is 10.3 Å². The summed E-state index contributed by atoms with van der Waals surface area (Å²) < 4.78 is 0. The molecule has 22 heavy (non-hydrogen) atoms. The fourth-order valence-electron chi connectivity index (χ4n) is 1.48. The molecule has 6 nitrogen and oxygen atoms in total. The zero-order valence-electron chi connectivity index (χ0n) is 12.9. The molecule has 1 aromatic carbocycles. The number of carbonyl (C=O) groups is 1. The molecular formula is C16H20N4O2. The normalized spacial score (nSPS) is 9.95. The van der Waals surface area contributed by atoms with E-state index in [1.807, 2.05) is 39.0 Å². The van der Waals surface area contributed by atoms with E-state index in [1.165, 1.54) is 0 Å². The smallest absolute Gasteiger partial charge is 0.251 e. The van der Waals surface area contributed by atoms with Gasteiger partial charge in [-0.3, -0.25) is 9.78 Å². The highest BCUT2D eigenvalue weighted by Gasteiger charge is 2.14. The van der Waals surface area contributed by atoms with Gasteiger partial charge in [0.05, 0.1) is 11.0 Å². The molecule has 0 bridgehead atoms. The van der Waals surface area contributed by atoms with Crippen LogP contribution in [0.3, 0.4) is 0 Å². The Morgan fingerprint density at radius 2 is 1.64 bits per heavy atom. The van der Waals surface area contributed by atoms with Gasteiger partial charge in [-0.05, 0) is 45.0 Å². The summed E-state index contributed by atoms with van der Waals surface area (Å²) in [6.07, 6.45) is 3.22. The van der Waals surface area contributed by atoms with Crippen LogP contribution in [0.5, 0.6) is 0 Å². The average molecular weight is 300 g/mol. The first-order valence-corrected chi connectivity index (χ1v) is 6.78. The number of pyridine rings is 1. The Labute approximate surface area is 129 Å². The van der Waals surface area contributed by atoms with Crippen LogP contribution in [0, 0.1) is 4.91 Å². The van der Waals surface area contributed by atoms with Gasteiger partial charge in [0.2, 0.25) is 0 Å². The van der Waals surface area contributed by atoms with Crippen molar-refractivity contribution in [2.24, 2.45) is 5.29 Å². The van der Waals surface area contributed by atoms with Gasteiger partial charge < -0.3 is 5.32 Å². The zero-order valence-corrected chi connectivity index (χ0v) is 12.9. The van der Waals surface area contributed by atoms with Crippen molar-refractivity contribution in [1.29, 1.82) is 0 Å². The predicted molar refractivity (Wildman–Crippen MR) is 87.3 cm³/mol. The first-order valence-electron chi connectivity index (χ1n) is 6.78. The van der Waals surface area contributed by atoms with Crippen molar-refractivity contribution in [3.05, 3.63) is 65.3 Å². The van der Waals surface area contributed by atoms with Gasteiger partial charge in [-0.1, -0.05) is 18.2 Å². The minimum Gasteiger partial charge on any atom is -0.347 e. The van der Waals surface area contributed by atoms with E-state index in [9.17, 15) is 9.70 Å². The molecule has 0 saturated carbocycles. The molecule has 116 valence electrons. The molecule has 0 aliphatic heterocycles. The van der Waals surface area contributed by atoms with Gasteiger partial charge in [-0.15, -0.1) is 4.91 Å². The van der Waals surface area contributed by atoms with Gasteiger partial charge in [-0.2, -0.15) is 0 Å². The lowest BCUT2D eigenvalue weighted by Gasteiger charge is -2.20. The highest BCUT2D eigenvalue weighted by atomic mass is 16.3. The van der Waals surface area contributed by atoms with Crippen LogP contribution < -0.4 is 10.7 Å². The topological polar surface area (TPSA) is 83.5 Å². The Hall–Kier alpha value is -2.76. The molecule has 0 aliphatic carbocycles. The van der Waals surface area contributed by atoms with Gasteiger partial charge in [-0.25, -0.2) is 5.43 Å². The van der Waals surface area contributed by atoms with Crippen molar-refractivity contribution in [3.8, 4) is 0 Å². The van der Waals surface area contributed by atoms with E-state index >= 15 is 0 Å². The van der Waals surface area contributed by atoms with E-state index in [-0.39, 0.29) is 11.4 Å². The van der Waals surface area contributed by atoms with E-state index in [2.05, 4.69) is 21.0 Å². The molecule has 2 rings (SSSR count). The fraction of sp³-hybridized carbons (Fsp3) is 0.250. The summed E-state index contributed by atoms with van der Waals surface area (Å²) >= 11 is 0. The fourth-order valence-corrected chi connectivity index (χ4v) is 1.48. The van der Waals surface area contributed by atoms with Crippen LogP contribution in [0.15, 0.2) is 60.1 Å². The number of nitroso groups, excluding NO2 is 1. The molecule has 6 heteroatoms. The molecule has 0 radical (unpaired) electrons. The molecule has 2 N–H and O–H groups in total. The Bertz CT molecular complexity index is 580. The minimum absolute atomic E-state index is 0.0603. The Kier molecular flexibility index (Phi) is 6.69. The zero-order chi connectivity index (χ0) is 16.4. The van der Waals surface area contributed by atoms with Crippen LogP contribution in [0.1, 0.15) is 31.1 Å². The maximum atomic E-state index is 11.5. The van der Waals surface area contributed by atoms with Gasteiger partial charge in [0, 0.05) is 23.5 Å². The number of rotatable bonds is 3. The van der Waals surface area contributed by atoms with Gasteiger partial charge in [0.15, 0.2) is 0 Å². The number of para-hydroxylation sites is 1. The molecule has 0 saturated heterocycles. The lowest BCUT2D eigenvalue weighted by Crippen LogP contribution is -2.40. The number of nitrogens with one attached hydrogen (secondary N) is 2. The lowest BCUT2D eigenvalue weighted by atomic mass is 10.1.